The summed E-state index contributed by atoms with van der Waals surface area (Å²) in [5, 5.41) is 5.58. The Morgan fingerprint density at radius 1 is 1.00 bits per heavy atom. The molecule has 0 fully saturated rings. The molecule has 0 aliphatic heterocycles. The minimum Gasteiger partial charge on any atom is -0.493 e. The number of hydrogen-bond donors (Lipinski definition) is 1. The lowest BCUT2D eigenvalue weighted by Crippen LogP contribution is -2.04. The molecule has 0 unspecified atom stereocenters. The van der Waals surface area contributed by atoms with Crippen molar-refractivity contribution in [3.63, 3.8) is 0 Å². The molecule has 3 aromatic rings. The molecule has 0 saturated carbocycles. The maximum Gasteiger partial charge on any atom is 0.212 e. The Morgan fingerprint density at radius 3 is 2.19 bits per heavy atom. The molecule has 0 bridgehead atoms. The molecule has 0 aliphatic rings. The number of rotatable bonds is 7. The molecule has 7 heteroatoms. The first-order chi connectivity index (χ1) is 13.0. The Balaban J connectivity index is 1.86. The molecule has 27 heavy (non-hydrogen) atoms. The van der Waals surface area contributed by atoms with Crippen molar-refractivity contribution in [2.24, 2.45) is 0 Å². The van der Waals surface area contributed by atoms with E-state index in [1.165, 1.54) is 38.2 Å². The largest absolute Gasteiger partial charge is 0.493 e. The highest BCUT2D eigenvalue weighted by Gasteiger charge is 2.20. The van der Waals surface area contributed by atoms with Gasteiger partial charge in [-0.25, -0.2) is 4.98 Å². The van der Waals surface area contributed by atoms with E-state index in [2.05, 4.69) is 10.3 Å². The van der Waals surface area contributed by atoms with E-state index in [9.17, 15) is 4.79 Å². The number of aromatic nitrogens is 1. The molecular formula is C20H20N2O4S. The number of nitrogens with zero attached hydrogens (tertiary/aromatic N) is 1. The van der Waals surface area contributed by atoms with Gasteiger partial charge in [-0.2, -0.15) is 0 Å². The van der Waals surface area contributed by atoms with E-state index >= 15 is 0 Å². The number of nitrogens with one attached hydrogen (secondary N) is 1. The van der Waals surface area contributed by atoms with Crippen molar-refractivity contribution in [2.45, 2.75) is 6.92 Å². The van der Waals surface area contributed by atoms with Crippen molar-refractivity contribution in [2.75, 3.05) is 26.6 Å². The van der Waals surface area contributed by atoms with E-state index in [1.807, 2.05) is 31.2 Å². The molecule has 140 valence electrons. The summed E-state index contributed by atoms with van der Waals surface area (Å²) in [6.07, 6.45) is 0. The third-order valence-corrected chi connectivity index (χ3v) is 4.72. The monoisotopic (exact) mass is 384 g/mol. The van der Waals surface area contributed by atoms with Gasteiger partial charge in [0.2, 0.25) is 11.5 Å². The second-order valence-electron chi connectivity index (χ2n) is 5.77. The Kier molecular flexibility index (Phi) is 5.61. The number of carbonyl (C=O) groups is 1. The van der Waals surface area contributed by atoms with Crippen LogP contribution in [0.15, 0.2) is 41.8 Å². The predicted molar refractivity (Wildman–Crippen MR) is 106 cm³/mol. The molecule has 1 aromatic heterocycles. The van der Waals surface area contributed by atoms with E-state index in [0.717, 1.165) is 5.69 Å². The van der Waals surface area contributed by atoms with E-state index in [4.69, 9.17) is 14.2 Å². The van der Waals surface area contributed by atoms with Crippen LogP contribution in [0.2, 0.25) is 0 Å². The van der Waals surface area contributed by atoms with Crippen LogP contribution in [0, 0.1) is 6.92 Å². The fourth-order valence-corrected chi connectivity index (χ4v) is 3.27. The lowest BCUT2D eigenvalue weighted by atomic mass is 10.1. The molecule has 6 nitrogen and oxygen atoms in total. The van der Waals surface area contributed by atoms with Crippen LogP contribution < -0.4 is 19.5 Å². The smallest absolute Gasteiger partial charge is 0.212 e. The summed E-state index contributed by atoms with van der Waals surface area (Å²) in [5.41, 5.74) is 2.86. The molecule has 3 rings (SSSR count). The number of hydrogen-bond acceptors (Lipinski definition) is 7. The van der Waals surface area contributed by atoms with Crippen molar-refractivity contribution in [3.8, 4) is 17.2 Å². The van der Waals surface area contributed by atoms with Crippen molar-refractivity contribution < 1.29 is 19.0 Å². The van der Waals surface area contributed by atoms with Gasteiger partial charge >= 0.3 is 0 Å². The summed E-state index contributed by atoms with van der Waals surface area (Å²) in [7, 11) is 4.54. The number of ketones is 1. The third kappa shape index (κ3) is 4.03. The van der Waals surface area contributed by atoms with Crippen LogP contribution in [0.3, 0.4) is 0 Å². The van der Waals surface area contributed by atoms with Crippen LogP contribution in [-0.2, 0) is 0 Å². The Labute approximate surface area is 161 Å². The summed E-state index contributed by atoms with van der Waals surface area (Å²) in [6.45, 7) is 2.03. The maximum absolute atomic E-state index is 12.9. The Bertz CT molecular complexity index is 926. The molecular weight excluding hydrogens is 364 g/mol. The van der Waals surface area contributed by atoms with Gasteiger partial charge in [0, 0.05) is 16.6 Å². The molecule has 0 amide bonds. The highest BCUT2D eigenvalue weighted by molar-refractivity contribution is 7.14. The number of thiazole rings is 1. The second-order valence-corrected chi connectivity index (χ2v) is 6.63. The fourth-order valence-electron chi connectivity index (χ4n) is 2.56. The van der Waals surface area contributed by atoms with Crippen LogP contribution in [0.4, 0.5) is 10.8 Å². The van der Waals surface area contributed by atoms with Crippen molar-refractivity contribution in [1.82, 2.24) is 4.98 Å². The van der Waals surface area contributed by atoms with Crippen LogP contribution in [-0.4, -0.2) is 32.1 Å². The van der Waals surface area contributed by atoms with Gasteiger partial charge in [-0.3, -0.25) is 4.79 Å². The number of carbonyl (C=O) groups excluding carboxylic acids is 1. The number of aryl methyl sites for hydroxylation is 1. The third-order valence-electron chi connectivity index (χ3n) is 3.97. The van der Waals surface area contributed by atoms with Gasteiger partial charge < -0.3 is 19.5 Å². The van der Waals surface area contributed by atoms with Gasteiger partial charge in [0.25, 0.3) is 0 Å². The zero-order valence-corrected chi connectivity index (χ0v) is 16.3. The van der Waals surface area contributed by atoms with Gasteiger partial charge in [0.05, 0.1) is 21.3 Å². The molecule has 0 saturated heterocycles. The summed E-state index contributed by atoms with van der Waals surface area (Å²) >= 11 is 1.37. The molecule has 0 atom stereocenters. The first-order valence-electron chi connectivity index (χ1n) is 8.19. The van der Waals surface area contributed by atoms with Gasteiger partial charge in [-0.1, -0.05) is 17.7 Å². The Hall–Kier alpha value is -3.06. The molecule has 1 heterocycles. The van der Waals surface area contributed by atoms with Crippen LogP contribution >= 0.6 is 11.3 Å². The maximum atomic E-state index is 12.9. The van der Waals surface area contributed by atoms with Crippen molar-refractivity contribution in [1.29, 1.82) is 0 Å². The first kappa shape index (κ1) is 18.7. The number of anilines is 2. The Morgan fingerprint density at radius 2 is 1.63 bits per heavy atom. The summed E-state index contributed by atoms with van der Waals surface area (Å²) < 4.78 is 15.9. The number of methoxy groups -OCH3 is 3. The number of ether oxygens (including phenoxy) is 3. The zero-order valence-electron chi connectivity index (χ0n) is 15.5. The highest BCUT2D eigenvalue weighted by atomic mass is 32.1. The van der Waals surface area contributed by atoms with Crippen molar-refractivity contribution in [3.05, 3.63) is 58.6 Å². The van der Waals surface area contributed by atoms with E-state index in [1.54, 1.807) is 17.5 Å². The molecule has 0 spiro atoms. The summed E-state index contributed by atoms with van der Waals surface area (Å²) in [6, 6.07) is 11.2. The van der Waals surface area contributed by atoms with Gasteiger partial charge in [0.15, 0.2) is 16.6 Å². The van der Waals surface area contributed by atoms with Gasteiger partial charge in [0.1, 0.15) is 5.69 Å². The molecule has 0 aliphatic carbocycles. The second kappa shape index (κ2) is 8.09. The predicted octanol–water partition coefficient (Wildman–Crippen LogP) is 4.45. The summed E-state index contributed by atoms with van der Waals surface area (Å²) in [5.74, 6) is 1.07. The average molecular weight is 384 g/mol. The van der Waals surface area contributed by atoms with Crippen molar-refractivity contribution >= 4 is 27.9 Å². The lowest BCUT2D eigenvalue weighted by Gasteiger charge is -2.13. The fraction of sp³-hybridized carbons (Fsp3) is 0.200. The minimum atomic E-state index is -0.220. The topological polar surface area (TPSA) is 69.7 Å². The first-order valence-corrected chi connectivity index (χ1v) is 9.07. The zero-order chi connectivity index (χ0) is 19.4. The molecule has 0 radical (unpaired) electrons. The SMILES string of the molecule is COc1cc(C(=O)c2csc(Nc3ccc(C)cc3)n2)cc(OC)c1OC. The molecule has 2 aromatic carbocycles. The standard InChI is InChI=1S/C20H20N2O4S/c1-12-5-7-14(8-6-12)21-20-22-15(11-27-20)18(23)13-9-16(24-2)19(26-4)17(10-13)25-3/h5-11H,1-4H3,(H,21,22). The highest BCUT2D eigenvalue weighted by Crippen LogP contribution is 2.38. The molecule has 1 N–H and O–H groups in total. The van der Waals surface area contributed by atoms with Crippen LogP contribution in [0.25, 0.3) is 0 Å². The average Bonchev–Trinajstić information content (AvgIpc) is 3.16. The normalized spacial score (nSPS) is 10.4. The van der Waals surface area contributed by atoms with Crippen LogP contribution in [0.5, 0.6) is 17.2 Å². The van der Waals surface area contributed by atoms with Gasteiger partial charge in [-0.15, -0.1) is 11.3 Å². The van der Waals surface area contributed by atoms with E-state index in [0.29, 0.717) is 33.6 Å². The van der Waals surface area contributed by atoms with Gasteiger partial charge in [-0.05, 0) is 31.2 Å². The lowest BCUT2D eigenvalue weighted by molar-refractivity contribution is 0.103. The summed E-state index contributed by atoms with van der Waals surface area (Å²) in [4.78, 5) is 17.3. The van der Waals surface area contributed by atoms with Crippen LogP contribution in [0.1, 0.15) is 21.6 Å². The minimum absolute atomic E-state index is 0.220. The van der Waals surface area contributed by atoms with E-state index in [-0.39, 0.29) is 5.78 Å². The quantitative estimate of drug-likeness (QED) is 0.607. The van der Waals surface area contributed by atoms with E-state index < -0.39 is 0 Å². The number of benzene rings is 2.